The first-order chi connectivity index (χ1) is 8.59. The van der Waals surface area contributed by atoms with Crippen molar-refractivity contribution in [2.24, 2.45) is 0 Å². The molecule has 0 bridgehead atoms. The van der Waals surface area contributed by atoms with Crippen molar-refractivity contribution in [1.29, 1.82) is 0 Å². The van der Waals surface area contributed by atoms with Gasteiger partial charge < -0.3 is 20.1 Å². The number of likely N-dealkylation sites (N-methyl/N-ethyl adjacent to an activating group) is 1. The van der Waals surface area contributed by atoms with Gasteiger partial charge in [-0.05, 0) is 0 Å². The van der Waals surface area contributed by atoms with Crippen molar-refractivity contribution in [1.82, 2.24) is 20.2 Å². The van der Waals surface area contributed by atoms with Crippen molar-refractivity contribution < 1.29 is 4.79 Å². The third-order valence-corrected chi connectivity index (χ3v) is 2.93. The number of rotatable bonds is 2. The summed E-state index contributed by atoms with van der Waals surface area (Å²) in [7, 11) is 3.45. The Bertz CT molecular complexity index is 484. The van der Waals surface area contributed by atoms with E-state index < -0.39 is 0 Å². The fraction of sp³-hybridized carbons (Fsp3) is 0.545. The lowest BCUT2D eigenvalue weighted by Crippen LogP contribution is -2.58. The van der Waals surface area contributed by atoms with Crippen LogP contribution in [0.15, 0.2) is 17.2 Å². The molecule has 1 aliphatic rings. The Kier molecular flexibility index (Phi) is 3.61. The number of aromatic nitrogens is 2. The van der Waals surface area contributed by atoms with Gasteiger partial charge in [-0.2, -0.15) is 0 Å². The van der Waals surface area contributed by atoms with Gasteiger partial charge in [-0.15, -0.1) is 0 Å². The second-order valence-electron chi connectivity index (χ2n) is 4.42. The lowest BCUT2D eigenvalue weighted by molar-refractivity contribution is -0.130. The van der Waals surface area contributed by atoms with Gasteiger partial charge in [0.1, 0.15) is 11.9 Å². The maximum atomic E-state index is 12.1. The normalized spacial score (nSPS) is 19.7. The molecule has 1 aliphatic heterocycles. The summed E-state index contributed by atoms with van der Waals surface area (Å²) < 4.78 is 0. The van der Waals surface area contributed by atoms with Crippen LogP contribution in [0.2, 0.25) is 0 Å². The Morgan fingerprint density at radius 2 is 2.33 bits per heavy atom. The molecule has 1 aromatic heterocycles. The van der Waals surface area contributed by atoms with Gasteiger partial charge >= 0.3 is 0 Å². The molecule has 18 heavy (non-hydrogen) atoms. The molecule has 1 atom stereocenters. The van der Waals surface area contributed by atoms with Crippen LogP contribution in [0.4, 0.5) is 5.82 Å². The fourth-order valence-corrected chi connectivity index (χ4v) is 2.01. The van der Waals surface area contributed by atoms with E-state index in [9.17, 15) is 9.59 Å². The summed E-state index contributed by atoms with van der Waals surface area (Å²) in [5, 5.41) is 3.18. The molecule has 1 unspecified atom stereocenters. The van der Waals surface area contributed by atoms with Crippen LogP contribution in [0, 0.1) is 0 Å². The van der Waals surface area contributed by atoms with Crippen LogP contribution in [-0.4, -0.2) is 60.5 Å². The molecule has 1 saturated heterocycles. The highest BCUT2D eigenvalue weighted by Gasteiger charge is 2.30. The summed E-state index contributed by atoms with van der Waals surface area (Å²) in [5.74, 6) is 0.546. The maximum absolute atomic E-state index is 12.1. The molecule has 0 saturated carbocycles. The molecule has 2 rings (SSSR count). The van der Waals surface area contributed by atoms with E-state index >= 15 is 0 Å². The predicted molar refractivity (Wildman–Crippen MR) is 67.6 cm³/mol. The highest BCUT2D eigenvalue weighted by atomic mass is 16.2. The standard InChI is InChI=1S/C11H17N5O2/c1-15(2)11(18)8-6-12-3-4-16(8)9-5-10(17)14-7-13-9/h5,7-8,12H,3-4,6H2,1-2H3,(H,13,14,17). The average Bonchev–Trinajstić information content (AvgIpc) is 2.38. The van der Waals surface area contributed by atoms with Crippen LogP contribution in [0.3, 0.4) is 0 Å². The predicted octanol–water partition coefficient (Wildman–Crippen LogP) is -1.36. The zero-order chi connectivity index (χ0) is 13.1. The van der Waals surface area contributed by atoms with E-state index in [0.717, 1.165) is 6.54 Å². The van der Waals surface area contributed by atoms with E-state index in [1.54, 1.807) is 19.0 Å². The molecule has 1 aromatic rings. The second kappa shape index (κ2) is 5.18. The highest BCUT2D eigenvalue weighted by molar-refractivity contribution is 5.85. The Hall–Kier alpha value is -1.89. The van der Waals surface area contributed by atoms with Crippen molar-refractivity contribution in [3.8, 4) is 0 Å². The van der Waals surface area contributed by atoms with Gasteiger partial charge in [-0.3, -0.25) is 9.59 Å². The highest BCUT2D eigenvalue weighted by Crippen LogP contribution is 2.14. The van der Waals surface area contributed by atoms with E-state index in [-0.39, 0.29) is 17.5 Å². The van der Waals surface area contributed by atoms with Crippen LogP contribution >= 0.6 is 0 Å². The van der Waals surface area contributed by atoms with Crippen molar-refractivity contribution >= 4 is 11.7 Å². The monoisotopic (exact) mass is 251 g/mol. The van der Waals surface area contributed by atoms with Crippen LogP contribution < -0.4 is 15.8 Å². The zero-order valence-corrected chi connectivity index (χ0v) is 10.5. The number of carbonyl (C=O) groups excluding carboxylic acids is 1. The molecule has 0 radical (unpaired) electrons. The summed E-state index contributed by atoms with van der Waals surface area (Å²) in [6.07, 6.45) is 1.36. The summed E-state index contributed by atoms with van der Waals surface area (Å²) in [5.41, 5.74) is -0.213. The maximum Gasteiger partial charge on any atom is 0.252 e. The molecule has 98 valence electrons. The van der Waals surface area contributed by atoms with E-state index in [1.165, 1.54) is 12.4 Å². The van der Waals surface area contributed by atoms with Crippen LogP contribution in [-0.2, 0) is 4.79 Å². The quantitative estimate of drug-likeness (QED) is 0.678. The summed E-state index contributed by atoms with van der Waals surface area (Å²) >= 11 is 0. The molecule has 0 aromatic carbocycles. The molecule has 7 heteroatoms. The Balaban J connectivity index is 2.28. The first-order valence-corrected chi connectivity index (χ1v) is 5.83. The molecular weight excluding hydrogens is 234 g/mol. The van der Waals surface area contributed by atoms with Crippen molar-refractivity contribution in [3.63, 3.8) is 0 Å². The first-order valence-electron chi connectivity index (χ1n) is 5.83. The number of nitrogens with one attached hydrogen (secondary N) is 2. The zero-order valence-electron chi connectivity index (χ0n) is 10.5. The molecule has 2 N–H and O–H groups in total. The lowest BCUT2D eigenvalue weighted by Gasteiger charge is -2.37. The van der Waals surface area contributed by atoms with E-state index in [4.69, 9.17) is 0 Å². The summed E-state index contributed by atoms with van der Waals surface area (Å²) in [4.78, 5) is 33.4. The number of anilines is 1. The minimum atomic E-state index is -0.317. The molecule has 0 spiro atoms. The van der Waals surface area contributed by atoms with Crippen molar-refractivity contribution in [2.45, 2.75) is 6.04 Å². The van der Waals surface area contributed by atoms with Crippen LogP contribution in [0.5, 0.6) is 0 Å². The Morgan fingerprint density at radius 3 is 3.00 bits per heavy atom. The van der Waals surface area contributed by atoms with Crippen LogP contribution in [0.1, 0.15) is 0 Å². The molecule has 2 heterocycles. The second-order valence-corrected chi connectivity index (χ2v) is 4.42. The number of aromatic amines is 1. The summed E-state index contributed by atoms with van der Waals surface area (Å²) in [6, 6.07) is 1.10. The third-order valence-electron chi connectivity index (χ3n) is 2.93. The number of piperazine rings is 1. The SMILES string of the molecule is CN(C)C(=O)C1CNCCN1c1cc(=O)[nH]cn1. The van der Waals surface area contributed by atoms with Gasteiger partial charge in [0, 0.05) is 39.8 Å². The average molecular weight is 251 g/mol. The number of hydrogen-bond acceptors (Lipinski definition) is 5. The number of H-pyrrole nitrogens is 1. The van der Waals surface area contributed by atoms with Crippen molar-refractivity contribution in [2.75, 3.05) is 38.6 Å². The van der Waals surface area contributed by atoms with Gasteiger partial charge in [-0.25, -0.2) is 4.98 Å². The van der Waals surface area contributed by atoms with E-state index in [0.29, 0.717) is 18.9 Å². The summed E-state index contributed by atoms with van der Waals surface area (Å²) in [6.45, 7) is 1.98. The van der Waals surface area contributed by atoms with Gasteiger partial charge in [0.15, 0.2) is 0 Å². The lowest BCUT2D eigenvalue weighted by atomic mass is 10.1. The smallest absolute Gasteiger partial charge is 0.252 e. The topological polar surface area (TPSA) is 81.3 Å². The minimum Gasteiger partial charge on any atom is -0.347 e. The molecule has 7 nitrogen and oxygen atoms in total. The largest absolute Gasteiger partial charge is 0.347 e. The molecular formula is C11H17N5O2. The first kappa shape index (κ1) is 12.6. The number of nitrogens with zero attached hydrogens (tertiary/aromatic N) is 3. The third kappa shape index (κ3) is 2.51. The molecule has 1 amide bonds. The molecule has 0 aliphatic carbocycles. The number of amides is 1. The van der Waals surface area contributed by atoms with Gasteiger partial charge in [0.25, 0.3) is 5.56 Å². The Labute approximate surface area is 105 Å². The molecule has 1 fully saturated rings. The number of carbonyl (C=O) groups is 1. The van der Waals surface area contributed by atoms with Gasteiger partial charge in [-0.1, -0.05) is 0 Å². The van der Waals surface area contributed by atoms with Crippen LogP contribution in [0.25, 0.3) is 0 Å². The van der Waals surface area contributed by atoms with Gasteiger partial charge in [0.2, 0.25) is 5.91 Å². The number of hydrogen-bond donors (Lipinski definition) is 2. The van der Waals surface area contributed by atoms with E-state index in [1.807, 2.05) is 4.90 Å². The Morgan fingerprint density at radius 1 is 1.56 bits per heavy atom. The van der Waals surface area contributed by atoms with Crippen molar-refractivity contribution in [3.05, 3.63) is 22.7 Å². The van der Waals surface area contributed by atoms with E-state index in [2.05, 4.69) is 15.3 Å². The minimum absolute atomic E-state index is 0.00396. The fourth-order valence-electron chi connectivity index (χ4n) is 2.01. The van der Waals surface area contributed by atoms with Gasteiger partial charge in [0.05, 0.1) is 6.33 Å².